The van der Waals surface area contributed by atoms with Crippen molar-refractivity contribution in [2.45, 2.75) is 47.5 Å². The van der Waals surface area contributed by atoms with E-state index in [0.29, 0.717) is 0 Å². The zero-order valence-electron chi connectivity index (χ0n) is 13.3. The van der Waals surface area contributed by atoms with E-state index in [4.69, 9.17) is 0 Å². The number of rotatable bonds is 3. The van der Waals surface area contributed by atoms with Crippen molar-refractivity contribution in [2.75, 3.05) is 0 Å². The third-order valence-corrected chi connectivity index (χ3v) is 3.72. The van der Waals surface area contributed by atoms with Crippen molar-refractivity contribution in [2.24, 2.45) is 16.7 Å². The molecular weight excluding hydrogens is 252 g/mol. The summed E-state index contributed by atoms with van der Waals surface area (Å²) in [5.74, 6) is -1.19. The Hall–Kier alpha value is -1.51. The maximum absolute atomic E-state index is 11.8. The number of carboxylic acids is 1. The molecule has 0 aliphatic heterocycles. The normalized spacial score (nSPS) is 15.7. The molecule has 0 spiro atoms. The Morgan fingerprint density at radius 2 is 1.40 bits per heavy atom. The zero-order chi connectivity index (χ0) is 15.7. The molecule has 1 rings (SSSR count). The van der Waals surface area contributed by atoms with Crippen LogP contribution in [0.4, 0.5) is 0 Å². The van der Waals surface area contributed by atoms with Crippen LogP contribution in [-0.2, 0) is 4.79 Å². The molecule has 2 unspecified atom stereocenters. The van der Waals surface area contributed by atoms with Gasteiger partial charge in [-0.05, 0) is 28.5 Å². The van der Waals surface area contributed by atoms with E-state index in [2.05, 4.69) is 20.8 Å². The van der Waals surface area contributed by atoms with Crippen LogP contribution in [0.15, 0.2) is 24.3 Å². The van der Waals surface area contributed by atoms with Crippen molar-refractivity contribution in [1.29, 1.82) is 0 Å². The lowest BCUT2D eigenvalue weighted by molar-refractivity contribution is -0.148. The van der Waals surface area contributed by atoms with Crippen molar-refractivity contribution in [1.82, 2.24) is 0 Å². The summed E-state index contributed by atoms with van der Waals surface area (Å²) in [6, 6.07) is 6.89. The van der Waals surface area contributed by atoms with Crippen LogP contribution in [0.2, 0.25) is 0 Å². The lowest BCUT2D eigenvalue weighted by atomic mass is 9.62. The lowest BCUT2D eigenvalue weighted by Gasteiger charge is -2.41. The van der Waals surface area contributed by atoms with Gasteiger partial charge in [0.2, 0.25) is 0 Å². The summed E-state index contributed by atoms with van der Waals surface area (Å²) in [5, 5.41) is 19.1. The average molecular weight is 278 g/mol. The fourth-order valence-electron chi connectivity index (χ4n) is 2.89. The number of carbonyl (C=O) groups is 1. The van der Waals surface area contributed by atoms with Crippen LogP contribution in [0.3, 0.4) is 0 Å². The van der Waals surface area contributed by atoms with Crippen LogP contribution in [0, 0.1) is 16.7 Å². The van der Waals surface area contributed by atoms with Crippen LogP contribution in [0.5, 0.6) is 5.75 Å². The van der Waals surface area contributed by atoms with E-state index in [1.807, 2.05) is 32.9 Å². The van der Waals surface area contributed by atoms with E-state index >= 15 is 0 Å². The highest BCUT2D eigenvalue weighted by atomic mass is 16.4. The molecule has 0 saturated heterocycles. The van der Waals surface area contributed by atoms with Gasteiger partial charge in [0.25, 0.3) is 0 Å². The van der Waals surface area contributed by atoms with Crippen LogP contribution in [-0.4, -0.2) is 16.2 Å². The molecule has 3 nitrogen and oxygen atoms in total. The second kappa shape index (κ2) is 5.47. The third-order valence-electron chi connectivity index (χ3n) is 3.72. The lowest BCUT2D eigenvalue weighted by Crippen LogP contribution is -2.39. The number of hydrogen-bond acceptors (Lipinski definition) is 2. The Bertz CT molecular complexity index is 460. The molecule has 0 bridgehead atoms. The molecule has 1 aromatic rings. The van der Waals surface area contributed by atoms with Crippen LogP contribution >= 0.6 is 0 Å². The number of phenols is 1. The van der Waals surface area contributed by atoms with Crippen LogP contribution in [0.1, 0.15) is 53.0 Å². The van der Waals surface area contributed by atoms with Gasteiger partial charge in [0.05, 0.1) is 5.92 Å². The molecule has 0 aromatic heterocycles. The number of hydrogen-bond donors (Lipinski definition) is 2. The van der Waals surface area contributed by atoms with Gasteiger partial charge in [-0.3, -0.25) is 4.79 Å². The average Bonchev–Trinajstić information content (AvgIpc) is 2.23. The first-order valence-corrected chi connectivity index (χ1v) is 6.96. The molecule has 0 amide bonds. The van der Waals surface area contributed by atoms with Gasteiger partial charge in [-0.1, -0.05) is 53.7 Å². The van der Waals surface area contributed by atoms with Gasteiger partial charge >= 0.3 is 5.97 Å². The highest BCUT2D eigenvalue weighted by Crippen LogP contribution is 2.47. The number of benzene rings is 1. The van der Waals surface area contributed by atoms with Gasteiger partial charge in [-0.25, -0.2) is 0 Å². The van der Waals surface area contributed by atoms with E-state index in [9.17, 15) is 15.0 Å². The van der Waals surface area contributed by atoms with Gasteiger partial charge < -0.3 is 10.2 Å². The van der Waals surface area contributed by atoms with E-state index in [0.717, 1.165) is 5.56 Å². The van der Waals surface area contributed by atoms with E-state index < -0.39 is 11.9 Å². The predicted octanol–water partition coefficient (Wildman–Crippen LogP) is 4.27. The number of aromatic hydroxyl groups is 1. The Morgan fingerprint density at radius 1 is 0.950 bits per heavy atom. The Morgan fingerprint density at radius 3 is 1.70 bits per heavy atom. The summed E-state index contributed by atoms with van der Waals surface area (Å²) in [5.41, 5.74) is 0.423. The Labute approximate surface area is 121 Å². The number of aliphatic carboxylic acids is 1. The second-order valence-corrected chi connectivity index (χ2v) is 7.62. The monoisotopic (exact) mass is 278 g/mol. The molecule has 0 saturated carbocycles. The van der Waals surface area contributed by atoms with Gasteiger partial charge in [0, 0.05) is 5.92 Å². The zero-order valence-corrected chi connectivity index (χ0v) is 13.3. The van der Waals surface area contributed by atoms with Crippen molar-refractivity contribution in [3.05, 3.63) is 29.8 Å². The molecule has 20 heavy (non-hydrogen) atoms. The molecule has 2 atom stereocenters. The first kappa shape index (κ1) is 16.5. The standard InChI is InChI=1S/C17H26O3/c1-16(2,3)13(11-7-9-12(18)10-8-11)14(15(19)20)17(4,5)6/h7-10,13-14,18H,1-6H3,(H,19,20). The minimum atomic E-state index is -0.773. The minimum absolute atomic E-state index is 0.124. The highest BCUT2D eigenvalue weighted by Gasteiger charge is 2.44. The summed E-state index contributed by atoms with van der Waals surface area (Å²) in [6.45, 7) is 12.1. The van der Waals surface area contributed by atoms with Crippen LogP contribution in [0.25, 0.3) is 0 Å². The Kier molecular flexibility index (Phi) is 4.52. The number of phenolic OH excluding ortho intramolecular Hbond substituents is 1. The summed E-state index contributed by atoms with van der Waals surface area (Å²) < 4.78 is 0. The topological polar surface area (TPSA) is 57.5 Å². The van der Waals surface area contributed by atoms with Crippen molar-refractivity contribution in [3.8, 4) is 5.75 Å². The van der Waals surface area contributed by atoms with E-state index in [-0.39, 0.29) is 22.5 Å². The molecule has 2 N–H and O–H groups in total. The Balaban J connectivity index is 3.39. The smallest absolute Gasteiger partial charge is 0.307 e. The molecule has 0 fully saturated rings. The van der Waals surface area contributed by atoms with E-state index in [1.165, 1.54) is 0 Å². The summed E-state index contributed by atoms with van der Waals surface area (Å²) in [4.78, 5) is 11.8. The first-order chi connectivity index (χ1) is 8.94. The van der Waals surface area contributed by atoms with Gasteiger partial charge in [-0.2, -0.15) is 0 Å². The first-order valence-electron chi connectivity index (χ1n) is 6.96. The maximum Gasteiger partial charge on any atom is 0.307 e. The third kappa shape index (κ3) is 3.75. The van der Waals surface area contributed by atoms with Crippen LogP contribution < -0.4 is 0 Å². The fraction of sp³-hybridized carbons (Fsp3) is 0.588. The molecule has 1 aromatic carbocycles. The van der Waals surface area contributed by atoms with Gasteiger partial charge in [-0.15, -0.1) is 0 Å². The molecule has 0 aliphatic rings. The summed E-state index contributed by atoms with van der Waals surface area (Å²) >= 11 is 0. The van der Waals surface area contributed by atoms with Crippen molar-refractivity contribution < 1.29 is 15.0 Å². The molecule has 0 heterocycles. The molecule has 0 aliphatic carbocycles. The summed E-state index contributed by atoms with van der Waals surface area (Å²) in [7, 11) is 0. The van der Waals surface area contributed by atoms with Crippen molar-refractivity contribution in [3.63, 3.8) is 0 Å². The van der Waals surface area contributed by atoms with Gasteiger partial charge in [0.15, 0.2) is 0 Å². The quantitative estimate of drug-likeness (QED) is 0.868. The molecule has 0 radical (unpaired) electrons. The maximum atomic E-state index is 11.8. The molecule has 112 valence electrons. The second-order valence-electron chi connectivity index (χ2n) is 7.62. The largest absolute Gasteiger partial charge is 0.508 e. The predicted molar refractivity (Wildman–Crippen MR) is 80.9 cm³/mol. The fourth-order valence-corrected chi connectivity index (χ4v) is 2.89. The summed E-state index contributed by atoms with van der Waals surface area (Å²) in [6.07, 6.45) is 0. The minimum Gasteiger partial charge on any atom is -0.508 e. The highest BCUT2D eigenvalue weighted by molar-refractivity contribution is 5.72. The molecular formula is C17H26O3. The number of carboxylic acid groups (broad SMARTS) is 1. The molecule has 3 heteroatoms. The van der Waals surface area contributed by atoms with E-state index in [1.54, 1.807) is 12.1 Å². The SMILES string of the molecule is CC(C)(C)C(C(=O)O)C(c1ccc(O)cc1)C(C)(C)C. The van der Waals surface area contributed by atoms with Crippen molar-refractivity contribution >= 4 is 5.97 Å². The van der Waals surface area contributed by atoms with Gasteiger partial charge in [0.1, 0.15) is 5.75 Å².